The van der Waals surface area contributed by atoms with E-state index in [9.17, 15) is 13.6 Å². The summed E-state index contributed by atoms with van der Waals surface area (Å²) in [4.78, 5) is 14.2. The predicted octanol–water partition coefficient (Wildman–Crippen LogP) is 4.20. The van der Waals surface area contributed by atoms with Crippen LogP contribution in [0.4, 0.5) is 8.78 Å². The van der Waals surface area contributed by atoms with E-state index in [2.05, 4.69) is 5.16 Å². The zero-order valence-corrected chi connectivity index (χ0v) is 13.8. The summed E-state index contributed by atoms with van der Waals surface area (Å²) in [5.41, 5.74) is 1.75. The Hall–Kier alpha value is -3.02. The molecule has 6 heteroatoms. The molecule has 0 aliphatic rings. The molecule has 25 heavy (non-hydrogen) atoms. The van der Waals surface area contributed by atoms with Gasteiger partial charge in [0, 0.05) is 30.8 Å². The Balaban J connectivity index is 1.89. The van der Waals surface area contributed by atoms with Crippen LogP contribution in [0.1, 0.15) is 21.7 Å². The average molecular weight is 342 g/mol. The van der Waals surface area contributed by atoms with E-state index < -0.39 is 11.6 Å². The molecule has 0 unspecified atom stereocenters. The summed E-state index contributed by atoms with van der Waals surface area (Å²) < 4.78 is 32.0. The summed E-state index contributed by atoms with van der Waals surface area (Å²) in [6, 6.07) is 12.5. The minimum Gasteiger partial charge on any atom is -0.360 e. The van der Waals surface area contributed by atoms with Gasteiger partial charge in [-0.2, -0.15) is 0 Å². The summed E-state index contributed by atoms with van der Waals surface area (Å²) in [7, 11) is 1.55. The molecule has 4 nitrogen and oxygen atoms in total. The van der Waals surface area contributed by atoms with Crippen LogP contribution in [0.2, 0.25) is 0 Å². The van der Waals surface area contributed by atoms with Crippen molar-refractivity contribution in [3.8, 4) is 11.3 Å². The van der Waals surface area contributed by atoms with Gasteiger partial charge in [-0.25, -0.2) is 8.78 Å². The minimum absolute atomic E-state index is 0.00377. The highest BCUT2D eigenvalue weighted by atomic mass is 19.1. The highest BCUT2D eigenvalue weighted by molar-refractivity contribution is 6.00. The molecule has 3 rings (SSSR count). The van der Waals surface area contributed by atoms with Gasteiger partial charge in [-0.3, -0.25) is 4.79 Å². The first-order valence-electron chi connectivity index (χ1n) is 7.68. The molecule has 0 fully saturated rings. The van der Waals surface area contributed by atoms with Crippen molar-refractivity contribution in [2.45, 2.75) is 13.5 Å². The second kappa shape index (κ2) is 6.84. The van der Waals surface area contributed by atoms with Gasteiger partial charge in [0.15, 0.2) is 0 Å². The van der Waals surface area contributed by atoms with E-state index in [1.807, 2.05) is 30.3 Å². The van der Waals surface area contributed by atoms with Crippen molar-refractivity contribution in [3.63, 3.8) is 0 Å². The zero-order chi connectivity index (χ0) is 18.0. The number of hydrogen-bond acceptors (Lipinski definition) is 3. The Bertz CT molecular complexity index is 907. The van der Waals surface area contributed by atoms with Crippen LogP contribution in [0.5, 0.6) is 0 Å². The summed E-state index contributed by atoms with van der Waals surface area (Å²) in [5.74, 6) is -1.31. The quantitative estimate of drug-likeness (QED) is 0.714. The largest absolute Gasteiger partial charge is 0.360 e. The van der Waals surface area contributed by atoms with Crippen LogP contribution in [0.15, 0.2) is 53.1 Å². The van der Waals surface area contributed by atoms with Crippen molar-refractivity contribution in [1.82, 2.24) is 10.1 Å². The van der Waals surface area contributed by atoms with Crippen molar-refractivity contribution in [2.75, 3.05) is 7.05 Å². The Labute approximate surface area is 143 Å². The van der Waals surface area contributed by atoms with Crippen LogP contribution >= 0.6 is 0 Å². The van der Waals surface area contributed by atoms with Gasteiger partial charge in [0.05, 0.1) is 0 Å². The molecular formula is C19H16F2N2O2. The summed E-state index contributed by atoms with van der Waals surface area (Å²) in [5, 5.41) is 3.98. The number of rotatable bonds is 4. The molecule has 1 amide bonds. The number of carbonyl (C=O) groups excluding carboxylic acids is 1. The number of nitrogens with zero attached hydrogens (tertiary/aromatic N) is 2. The Morgan fingerprint density at radius 3 is 2.56 bits per heavy atom. The average Bonchev–Trinajstić information content (AvgIpc) is 2.99. The first-order valence-corrected chi connectivity index (χ1v) is 7.68. The van der Waals surface area contributed by atoms with Crippen LogP contribution in [0.3, 0.4) is 0 Å². The van der Waals surface area contributed by atoms with Crippen LogP contribution in [-0.4, -0.2) is 23.0 Å². The molecule has 1 heterocycles. The van der Waals surface area contributed by atoms with Crippen molar-refractivity contribution in [1.29, 1.82) is 0 Å². The van der Waals surface area contributed by atoms with E-state index in [0.717, 1.165) is 17.7 Å². The fourth-order valence-corrected chi connectivity index (χ4v) is 2.59. The Morgan fingerprint density at radius 1 is 1.16 bits per heavy atom. The summed E-state index contributed by atoms with van der Waals surface area (Å²) in [6.07, 6.45) is 0. The maximum absolute atomic E-state index is 13.8. The molecular weight excluding hydrogens is 326 g/mol. The number of carbonyl (C=O) groups is 1. The SMILES string of the molecule is Cc1onc(-c2ccccc2)c1C(=O)N(C)Cc1ccc(F)cc1F. The highest BCUT2D eigenvalue weighted by Gasteiger charge is 2.24. The molecule has 0 aliphatic carbocycles. The lowest BCUT2D eigenvalue weighted by Crippen LogP contribution is -2.27. The third-order valence-corrected chi connectivity index (χ3v) is 3.89. The second-order valence-corrected chi connectivity index (χ2v) is 5.73. The molecule has 0 spiro atoms. The van der Waals surface area contributed by atoms with Crippen molar-refractivity contribution < 1.29 is 18.1 Å². The molecule has 0 aliphatic heterocycles. The van der Waals surface area contributed by atoms with E-state index in [1.165, 1.54) is 11.0 Å². The second-order valence-electron chi connectivity index (χ2n) is 5.73. The van der Waals surface area contributed by atoms with Gasteiger partial charge >= 0.3 is 0 Å². The molecule has 1 aromatic heterocycles. The Morgan fingerprint density at radius 2 is 1.88 bits per heavy atom. The summed E-state index contributed by atoms with van der Waals surface area (Å²) in [6.45, 7) is 1.66. The van der Waals surface area contributed by atoms with Gasteiger partial charge in [0.1, 0.15) is 28.7 Å². The van der Waals surface area contributed by atoms with Crippen LogP contribution < -0.4 is 0 Å². The fraction of sp³-hybridized carbons (Fsp3) is 0.158. The van der Waals surface area contributed by atoms with E-state index >= 15 is 0 Å². The fourth-order valence-electron chi connectivity index (χ4n) is 2.59. The topological polar surface area (TPSA) is 46.3 Å². The molecule has 3 aromatic rings. The van der Waals surface area contributed by atoms with Gasteiger partial charge in [0.2, 0.25) is 0 Å². The maximum Gasteiger partial charge on any atom is 0.259 e. The van der Waals surface area contributed by atoms with Gasteiger partial charge < -0.3 is 9.42 Å². The third-order valence-electron chi connectivity index (χ3n) is 3.89. The van der Waals surface area contributed by atoms with Crippen molar-refractivity contribution >= 4 is 5.91 Å². The van der Waals surface area contributed by atoms with Gasteiger partial charge in [-0.1, -0.05) is 41.6 Å². The van der Waals surface area contributed by atoms with Gasteiger partial charge in [-0.05, 0) is 13.0 Å². The minimum atomic E-state index is -0.690. The van der Waals surface area contributed by atoms with Crippen molar-refractivity contribution in [3.05, 3.63) is 77.1 Å². The number of benzene rings is 2. The lowest BCUT2D eigenvalue weighted by Gasteiger charge is -2.18. The molecule has 0 bridgehead atoms. The van der Waals surface area contributed by atoms with Crippen LogP contribution in [0.25, 0.3) is 11.3 Å². The maximum atomic E-state index is 13.8. The molecule has 2 aromatic carbocycles. The molecule has 0 N–H and O–H groups in total. The first-order chi connectivity index (χ1) is 12.0. The molecule has 0 atom stereocenters. The third kappa shape index (κ3) is 3.42. The number of halogens is 2. The van der Waals surface area contributed by atoms with Crippen LogP contribution in [0, 0.1) is 18.6 Å². The van der Waals surface area contributed by atoms with E-state index in [4.69, 9.17) is 4.52 Å². The monoisotopic (exact) mass is 342 g/mol. The number of aromatic nitrogens is 1. The highest BCUT2D eigenvalue weighted by Crippen LogP contribution is 2.26. The molecule has 0 saturated carbocycles. The lowest BCUT2D eigenvalue weighted by molar-refractivity contribution is 0.0782. The van der Waals surface area contributed by atoms with E-state index in [0.29, 0.717) is 17.0 Å². The van der Waals surface area contributed by atoms with E-state index in [1.54, 1.807) is 14.0 Å². The van der Waals surface area contributed by atoms with Gasteiger partial charge in [-0.15, -0.1) is 0 Å². The number of aryl methyl sites for hydroxylation is 1. The summed E-state index contributed by atoms with van der Waals surface area (Å²) >= 11 is 0. The Kier molecular flexibility index (Phi) is 4.61. The molecule has 0 radical (unpaired) electrons. The zero-order valence-electron chi connectivity index (χ0n) is 13.8. The first kappa shape index (κ1) is 16.8. The van der Waals surface area contributed by atoms with E-state index in [-0.39, 0.29) is 18.0 Å². The number of amides is 1. The van der Waals surface area contributed by atoms with Gasteiger partial charge in [0.25, 0.3) is 5.91 Å². The standard InChI is InChI=1S/C19H16F2N2O2/c1-12-17(18(22-25-12)13-6-4-3-5-7-13)19(24)23(2)11-14-8-9-15(20)10-16(14)21/h3-10H,11H2,1-2H3. The smallest absolute Gasteiger partial charge is 0.259 e. The van der Waals surface area contributed by atoms with Crippen LogP contribution in [-0.2, 0) is 6.54 Å². The molecule has 0 saturated heterocycles. The molecule has 128 valence electrons. The normalized spacial score (nSPS) is 10.7. The van der Waals surface area contributed by atoms with Crippen molar-refractivity contribution in [2.24, 2.45) is 0 Å². The number of hydrogen-bond donors (Lipinski definition) is 0. The lowest BCUT2D eigenvalue weighted by atomic mass is 10.0. The predicted molar refractivity (Wildman–Crippen MR) is 88.8 cm³/mol.